The minimum absolute atomic E-state index is 0.0944. The second kappa shape index (κ2) is 6.91. The lowest BCUT2D eigenvalue weighted by Crippen LogP contribution is -2.42. The molecule has 0 fully saturated rings. The summed E-state index contributed by atoms with van der Waals surface area (Å²) in [6.45, 7) is 6.01. The van der Waals surface area contributed by atoms with Crippen LogP contribution in [0.1, 0.15) is 37.6 Å². The van der Waals surface area contributed by atoms with Crippen molar-refractivity contribution in [1.82, 2.24) is 10.6 Å². The molecule has 0 radical (unpaired) electrons. The number of hydrogen-bond acceptors (Lipinski definition) is 4. The lowest BCUT2D eigenvalue weighted by atomic mass is 10.1. The average molecular weight is 278 g/mol. The van der Waals surface area contributed by atoms with Gasteiger partial charge in [0.25, 0.3) is 5.91 Å². The third kappa shape index (κ3) is 5.27. The molecule has 0 spiro atoms. The molecule has 5 N–H and O–H groups in total. The first-order chi connectivity index (χ1) is 9.33. The number of carbonyl (C=O) groups excluding carboxylic acids is 2. The molecule has 2 amide bonds. The van der Waals surface area contributed by atoms with Crippen molar-refractivity contribution in [2.45, 2.75) is 32.7 Å². The van der Waals surface area contributed by atoms with E-state index in [1.54, 1.807) is 24.3 Å². The molecule has 0 aliphatic rings. The fraction of sp³-hybridized carbons (Fsp3) is 0.429. The molecular formula is C14H22N4O2. The lowest BCUT2D eigenvalue weighted by Gasteiger charge is -2.20. The van der Waals surface area contributed by atoms with Gasteiger partial charge in [0.2, 0.25) is 5.91 Å². The zero-order valence-electron chi connectivity index (χ0n) is 12.1. The molecule has 1 aromatic rings. The van der Waals surface area contributed by atoms with Crippen LogP contribution in [-0.2, 0) is 4.79 Å². The van der Waals surface area contributed by atoms with E-state index in [9.17, 15) is 9.59 Å². The lowest BCUT2D eigenvalue weighted by molar-refractivity contribution is -0.122. The van der Waals surface area contributed by atoms with Gasteiger partial charge in [-0.3, -0.25) is 15.4 Å². The Morgan fingerprint density at radius 2 is 1.85 bits per heavy atom. The molecular weight excluding hydrogens is 256 g/mol. The topological polar surface area (TPSA) is 96.2 Å². The van der Waals surface area contributed by atoms with Crippen molar-refractivity contribution in [2.24, 2.45) is 5.84 Å². The molecule has 0 saturated carbocycles. The summed E-state index contributed by atoms with van der Waals surface area (Å²) >= 11 is 0. The van der Waals surface area contributed by atoms with E-state index in [0.717, 1.165) is 0 Å². The van der Waals surface area contributed by atoms with Gasteiger partial charge in [0.1, 0.15) is 0 Å². The second-order valence-corrected chi connectivity index (χ2v) is 5.49. The zero-order chi connectivity index (χ0) is 15.2. The van der Waals surface area contributed by atoms with Crippen molar-refractivity contribution in [3.8, 4) is 0 Å². The third-order valence-corrected chi connectivity index (χ3v) is 2.48. The Morgan fingerprint density at radius 1 is 1.20 bits per heavy atom. The molecule has 1 aromatic carbocycles. The number of amides is 2. The van der Waals surface area contributed by atoms with Crippen molar-refractivity contribution < 1.29 is 9.59 Å². The smallest absolute Gasteiger partial charge is 0.253 e. The van der Waals surface area contributed by atoms with Crippen LogP contribution in [0.3, 0.4) is 0 Å². The van der Waals surface area contributed by atoms with E-state index in [1.165, 1.54) is 0 Å². The largest absolute Gasteiger partial charge is 0.351 e. The predicted molar refractivity (Wildman–Crippen MR) is 79.1 cm³/mol. The average Bonchev–Trinajstić information content (AvgIpc) is 2.36. The highest BCUT2D eigenvalue weighted by Gasteiger charge is 2.14. The van der Waals surface area contributed by atoms with Gasteiger partial charge in [-0.05, 0) is 32.9 Å². The highest BCUT2D eigenvalue weighted by Crippen LogP contribution is 2.12. The highest BCUT2D eigenvalue weighted by atomic mass is 16.2. The van der Waals surface area contributed by atoms with E-state index in [2.05, 4.69) is 16.1 Å². The molecule has 0 atom stereocenters. The molecule has 110 valence electrons. The first kappa shape index (κ1) is 16.0. The number of rotatable bonds is 5. The maximum absolute atomic E-state index is 12.0. The van der Waals surface area contributed by atoms with Gasteiger partial charge in [0.05, 0.1) is 11.3 Å². The van der Waals surface area contributed by atoms with E-state index >= 15 is 0 Å². The fourth-order valence-corrected chi connectivity index (χ4v) is 1.67. The Balaban J connectivity index is 2.46. The van der Waals surface area contributed by atoms with E-state index in [0.29, 0.717) is 11.3 Å². The Morgan fingerprint density at radius 3 is 2.45 bits per heavy atom. The van der Waals surface area contributed by atoms with E-state index < -0.39 is 0 Å². The number of hydrazine groups is 1. The van der Waals surface area contributed by atoms with Crippen LogP contribution in [0.25, 0.3) is 0 Å². The van der Waals surface area contributed by atoms with Gasteiger partial charge < -0.3 is 16.1 Å². The second-order valence-electron chi connectivity index (χ2n) is 5.49. The number of anilines is 1. The van der Waals surface area contributed by atoms with Gasteiger partial charge in [-0.25, -0.2) is 0 Å². The zero-order valence-corrected chi connectivity index (χ0v) is 12.1. The van der Waals surface area contributed by atoms with Crippen LogP contribution in [0.2, 0.25) is 0 Å². The summed E-state index contributed by atoms with van der Waals surface area (Å²) in [6.07, 6.45) is 0.237. The molecule has 0 unspecified atom stereocenters. The number of nitrogens with one attached hydrogen (secondary N) is 3. The quantitative estimate of drug-likeness (QED) is 0.477. The Kier molecular flexibility index (Phi) is 5.52. The molecule has 0 bridgehead atoms. The Bertz CT molecular complexity index is 480. The minimum atomic E-state index is -0.267. The number of nitrogen functional groups attached to an aromatic ring is 1. The summed E-state index contributed by atoms with van der Waals surface area (Å²) in [7, 11) is 0. The van der Waals surface area contributed by atoms with Crippen LogP contribution < -0.4 is 21.9 Å². The summed E-state index contributed by atoms with van der Waals surface area (Å²) < 4.78 is 0. The first-order valence-corrected chi connectivity index (χ1v) is 6.48. The third-order valence-electron chi connectivity index (χ3n) is 2.48. The number of benzene rings is 1. The minimum Gasteiger partial charge on any atom is -0.351 e. The van der Waals surface area contributed by atoms with Gasteiger partial charge in [-0.15, -0.1) is 0 Å². The van der Waals surface area contributed by atoms with Crippen molar-refractivity contribution in [3.05, 3.63) is 29.8 Å². The predicted octanol–water partition coefficient (Wildman–Crippen LogP) is 1.01. The molecule has 0 aliphatic heterocycles. The number of hydrogen-bond donors (Lipinski definition) is 4. The molecule has 6 heteroatoms. The van der Waals surface area contributed by atoms with E-state index in [-0.39, 0.29) is 30.3 Å². The van der Waals surface area contributed by atoms with Crippen molar-refractivity contribution >= 4 is 17.5 Å². The molecule has 0 saturated heterocycles. The maximum Gasteiger partial charge on any atom is 0.253 e. The molecule has 0 aromatic heterocycles. The van der Waals surface area contributed by atoms with E-state index in [1.807, 2.05) is 20.8 Å². The highest BCUT2D eigenvalue weighted by molar-refractivity contribution is 5.99. The SMILES string of the molecule is CC(C)(C)NC(=O)CCNC(=O)c1ccccc1NN. The number of para-hydroxylation sites is 1. The van der Waals surface area contributed by atoms with E-state index in [4.69, 9.17) is 5.84 Å². The summed E-state index contributed by atoms with van der Waals surface area (Å²) in [5.74, 6) is 4.98. The van der Waals surface area contributed by atoms with Crippen molar-refractivity contribution in [1.29, 1.82) is 0 Å². The molecule has 0 heterocycles. The molecule has 6 nitrogen and oxygen atoms in total. The van der Waals surface area contributed by atoms with Crippen LogP contribution in [-0.4, -0.2) is 23.9 Å². The van der Waals surface area contributed by atoms with Crippen LogP contribution >= 0.6 is 0 Å². The molecule has 20 heavy (non-hydrogen) atoms. The summed E-state index contributed by atoms with van der Waals surface area (Å²) in [6, 6.07) is 6.91. The number of carbonyl (C=O) groups is 2. The standard InChI is InChI=1S/C14H22N4O2/c1-14(2,3)17-12(19)8-9-16-13(20)10-6-4-5-7-11(10)18-15/h4-7,18H,8-9,15H2,1-3H3,(H,16,20)(H,17,19). The van der Waals surface area contributed by atoms with Gasteiger partial charge in [0.15, 0.2) is 0 Å². The normalized spacial score (nSPS) is 10.8. The van der Waals surface area contributed by atoms with Crippen molar-refractivity contribution in [2.75, 3.05) is 12.0 Å². The van der Waals surface area contributed by atoms with Gasteiger partial charge in [-0.1, -0.05) is 12.1 Å². The summed E-state index contributed by atoms with van der Waals surface area (Å²) in [5.41, 5.74) is 3.20. The molecule has 0 aliphatic carbocycles. The van der Waals surface area contributed by atoms with Gasteiger partial charge in [0, 0.05) is 18.5 Å². The number of nitrogens with two attached hydrogens (primary N) is 1. The van der Waals surface area contributed by atoms with Crippen LogP contribution in [0.4, 0.5) is 5.69 Å². The van der Waals surface area contributed by atoms with Crippen molar-refractivity contribution in [3.63, 3.8) is 0 Å². The Labute approximate surface area is 119 Å². The van der Waals surface area contributed by atoms with Crippen LogP contribution in [0.15, 0.2) is 24.3 Å². The van der Waals surface area contributed by atoms with Gasteiger partial charge in [-0.2, -0.15) is 0 Å². The maximum atomic E-state index is 12.0. The molecule has 1 rings (SSSR count). The monoisotopic (exact) mass is 278 g/mol. The summed E-state index contributed by atoms with van der Waals surface area (Å²) in [5, 5.41) is 5.53. The fourth-order valence-electron chi connectivity index (χ4n) is 1.67. The van der Waals surface area contributed by atoms with Gasteiger partial charge >= 0.3 is 0 Å². The van der Waals surface area contributed by atoms with Crippen LogP contribution in [0.5, 0.6) is 0 Å². The Hall–Kier alpha value is -2.08. The van der Waals surface area contributed by atoms with Crippen LogP contribution in [0, 0.1) is 0 Å². The first-order valence-electron chi connectivity index (χ1n) is 6.48. The summed E-state index contributed by atoms with van der Waals surface area (Å²) in [4.78, 5) is 23.6.